The highest BCUT2D eigenvalue weighted by Crippen LogP contribution is 2.33. The Morgan fingerprint density at radius 3 is 2.90 bits per heavy atom. The summed E-state index contributed by atoms with van der Waals surface area (Å²) >= 11 is 0. The number of benzene rings is 1. The van der Waals surface area contributed by atoms with E-state index in [0.29, 0.717) is 6.73 Å². The number of aryl methyl sites for hydroxylation is 1. The van der Waals surface area contributed by atoms with Crippen molar-refractivity contribution in [2.75, 3.05) is 11.6 Å². The van der Waals surface area contributed by atoms with Gasteiger partial charge in [0.15, 0.2) is 12.5 Å². The summed E-state index contributed by atoms with van der Waals surface area (Å²) in [5.74, 6) is 0.913. The lowest BCUT2D eigenvalue weighted by Crippen LogP contribution is -2.32. The van der Waals surface area contributed by atoms with Gasteiger partial charge in [-0.3, -0.25) is 4.98 Å². The van der Waals surface area contributed by atoms with E-state index in [2.05, 4.69) is 33.1 Å². The van der Waals surface area contributed by atoms with Gasteiger partial charge < -0.3 is 9.64 Å². The highest BCUT2D eigenvalue weighted by atomic mass is 16.5. The zero-order chi connectivity index (χ0) is 14.2. The summed E-state index contributed by atoms with van der Waals surface area (Å²) in [5.41, 5.74) is 4.20. The third kappa shape index (κ3) is 2.09. The molecule has 1 aliphatic rings. The number of fused-ring (bicyclic) bond motifs is 3. The Hall–Kier alpha value is -2.62. The van der Waals surface area contributed by atoms with Crippen LogP contribution in [0.2, 0.25) is 0 Å². The van der Waals surface area contributed by atoms with Gasteiger partial charge in [0.2, 0.25) is 0 Å². The Morgan fingerprint density at radius 2 is 2.05 bits per heavy atom. The van der Waals surface area contributed by atoms with Crippen molar-refractivity contribution in [1.82, 2.24) is 9.97 Å². The van der Waals surface area contributed by atoms with Gasteiger partial charge in [0.05, 0.1) is 11.9 Å². The average molecular weight is 277 g/mol. The molecule has 0 bridgehead atoms. The molecule has 0 N–H and O–H groups in total. The minimum Gasteiger partial charge on any atom is -0.470 e. The molecule has 3 aromatic rings. The highest BCUT2D eigenvalue weighted by Gasteiger charge is 2.20. The largest absolute Gasteiger partial charge is 0.470 e. The molecule has 0 fully saturated rings. The fourth-order valence-electron chi connectivity index (χ4n) is 2.69. The minimum atomic E-state index is 0.521. The van der Waals surface area contributed by atoms with Crippen LogP contribution in [0.4, 0.5) is 5.69 Å². The number of pyridine rings is 2. The summed E-state index contributed by atoms with van der Waals surface area (Å²) in [6.07, 6.45) is 3.64. The first-order valence-electron chi connectivity index (χ1n) is 6.98. The number of anilines is 1. The Balaban J connectivity index is 1.77. The second-order valence-corrected chi connectivity index (χ2v) is 5.26. The van der Waals surface area contributed by atoms with Gasteiger partial charge in [-0.1, -0.05) is 18.2 Å². The second-order valence-electron chi connectivity index (χ2n) is 5.26. The molecule has 0 amide bonds. The molecule has 2 aromatic heterocycles. The van der Waals surface area contributed by atoms with Crippen LogP contribution in [0.3, 0.4) is 0 Å². The fraction of sp³-hybridized carbons (Fsp3) is 0.176. The van der Waals surface area contributed by atoms with Gasteiger partial charge in [0, 0.05) is 29.4 Å². The lowest BCUT2D eigenvalue weighted by molar-refractivity contribution is 0.292. The number of ether oxygens (including phenoxy) is 1. The fourth-order valence-corrected chi connectivity index (χ4v) is 2.69. The van der Waals surface area contributed by atoms with Crippen molar-refractivity contribution in [3.05, 3.63) is 60.0 Å². The maximum Gasteiger partial charge on any atom is 0.161 e. The Morgan fingerprint density at radius 1 is 1.14 bits per heavy atom. The van der Waals surface area contributed by atoms with Crippen LogP contribution in [0.5, 0.6) is 5.75 Å². The summed E-state index contributed by atoms with van der Waals surface area (Å²) in [4.78, 5) is 11.0. The number of hydrogen-bond acceptors (Lipinski definition) is 4. The molecule has 104 valence electrons. The first-order valence-corrected chi connectivity index (χ1v) is 6.98. The van der Waals surface area contributed by atoms with Gasteiger partial charge >= 0.3 is 0 Å². The third-order valence-corrected chi connectivity index (χ3v) is 3.77. The van der Waals surface area contributed by atoms with E-state index in [0.717, 1.165) is 40.1 Å². The zero-order valence-electron chi connectivity index (χ0n) is 11.8. The molecule has 4 nitrogen and oxygen atoms in total. The molecule has 3 heterocycles. The van der Waals surface area contributed by atoms with Crippen LogP contribution in [0, 0.1) is 6.92 Å². The predicted octanol–water partition coefficient (Wildman–Crippen LogP) is 3.29. The topological polar surface area (TPSA) is 38.2 Å². The third-order valence-electron chi connectivity index (χ3n) is 3.77. The van der Waals surface area contributed by atoms with Crippen LogP contribution in [-0.4, -0.2) is 16.7 Å². The van der Waals surface area contributed by atoms with E-state index in [1.165, 1.54) is 0 Å². The van der Waals surface area contributed by atoms with E-state index in [-0.39, 0.29) is 0 Å². The first-order chi connectivity index (χ1) is 10.3. The van der Waals surface area contributed by atoms with Gasteiger partial charge in [-0.15, -0.1) is 0 Å². The normalized spacial score (nSPS) is 13.9. The smallest absolute Gasteiger partial charge is 0.161 e. The summed E-state index contributed by atoms with van der Waals surface area (Å²) in [6, 6.07) is 12.3. The van der Waals surface area contributed by atoms with Crippen molar-refractivity contribution in [1.29, 1.82) is 0 Å². The molecule has 4 rings (SSSR count). The summed E-state index contributed by atoms with van der Waals surface area (Å²) in [5, 5.41) is 1.12. The molecular formula is C17H15N3O. The lowest BCUT2D eigenvalue weighted by Gasteiger charge is -2.30. The summed E-state index contributed by atoms with van der Waals surface area (Å²) in [7, 11) is 0. The molecule has 0 unspecified atom stereocenters. The van der Waals surface area contributed by atoms with Gasteiger partial charge in [-0.25, -0.2) is 4.98 Å². The molecule has 1 aliphatic heterocycles. The molecule has 0 saturated carbocycles. The standard InChI is InChI=1S/C17H15N3O/c1-12-4-5-13-6-7-14-10-20(15-3-2-8-18-9-15)11-21-17(14)16(13)19-12/h2-9H,10-11H2,1H3. The Bertz CT molecular complexity index is 802. The molecule has 0 aliphatic carbocycles. The van der Waals surface area contributed by atoms with Crippen molar-refractivity contribution < 1.29 is 4.74 Å². The molecule has 1 aromatic carbocycles. The van der Waals surface area contributed by atoms with Gasteiger partial charge in [0.1, 0.15) is 5.52 Å². The summed E-state index contributed by atoms with van der Waals surface area (Å²) < 4.78 is 5.99. The van der Waals surface area contributed by atoms with Gasteiger partial charge in [0.25, 0.3) is 0 Å². The maximum absolute atomic E-state index is 5.99. The molecule has 0 spiro atoms. The molecule has 4 heteroatoms. The predicted molar refractivity (Wildman–Crippen MR) is 82.4 cm³/mol. The molecule has 21 heavy (non-hydrogen) atoms. The number of rotatable bonds is 1. The Kier molecular flexibility index (Phi) is 2.74. The van der Waals surface area contributed by atoms with Crippen LogP contribution in [0.25, 0.3) is 10.9 Å². The van der Waals surface area contributed by atoms with Crippen LogP contribution < -0.4 is 9.64 Å². The van der Waals surface area contributed by atoms with Crippen molar-refractivity contribution in [3.8, 4) is 5.75 Å². The monoisotopic (exact) mass is 277 g/mol. The Labute approximate surface area is 123 Å². The van der Waals surface area contributed by atoms with E-state index in [1.807, 2.05) is 31.3 Å². The van der Waals surface area contributed by atoms with Crippen LogP contribution in [-0.2, 0) is 6.54 Å². The first kappa shape index (κ1) is 12.1. The van der Waals surface area contributed by atoms with E-state index < -0.39 is 0 Å². The van der Waals surface area contributed by atoms with E-state index in [9.17, 15) is 0 Å². The van der Waals surface area contributed by atoms with Crippen molar-refractivity contribution in [2.24, 2.45) is 0 Å². The van der Waals surface area contributed by atoms with E-state index in [4.69, 9.17) is 4.74 Å². The number of nitrogens with zero attached hydrogens (tertiary/aromatic N) is 3. The van der Waals surface area contributed by atoms with Crippen LogP contribution in [0.15, 0.2) is 48.8 Å². The SMILES string of the molecule is Cc1ccc2ccc3c(c2n1)OCN(c1cccnc1)C3. The van der Waals surface area contributed by atoms with Crippen LogP contribution in [0.1, 0.15) is 11.3 Å². The number of aromatic nitrogens is 2. The van der Waals surface area contributed by atoms with Crippen molar-refractivity contribution in [3.63, 3.8) is 0 Å². The molecule has 0 saturated heterocycles. The minimum absolute atomic E-state index is 0.521. The van der Waals surface area contributed by atoms with Crippen molar-refractivity contribution in [2.45, 2.75) is 13.5 Å². The molecular weight excluding hydrogens is 262 g/mol. The maximum atomic E-state index is 5.99. The van der Waals surface area contributed by atoms with E-state index >= 15 is 0 Å². The number of hydrogen-bond donors (Lipinski definition) is 0. The summed E-state index contributed by atoms with van der Waals surface area (Å²) in [6.45, 7) is 3.34. The highest BCUT2D eigenvalue weighted by molar-refractivity contribution is 5.86. The van der Waals surface area contributed by atoms with Gasteiger partial charge in [-0.2, -0.15) is 0 Å². The quantitative estimate of drug-likeness (QED) is 0.684. The van der Waals surface area contributed by atoms with Gasteiger partial charge in [-0.05, 0) is 25.1 Å². The zero-order valence-corrected chi connectivity index (χ0v) is 11.8. The second kappa shape index (κ2) is 4.74. The van der Waals surface area contributed by atoms with Crippen molar-refractivity contribution >= 4 is 16.6 Å². The molecule has 0 radical (unpaired) electrons. The molecule has 0 atom stereocenters. The lowest BCUT2D eigenvalue weighted by atomic mass is 10.1. The average Bonchev–Trinajstić information content (AvgIpc) is 2.55. The van der Waals surface area contributed by atoms with E-state index in [1.54, 1.807) is 6.20 Å². The van der Waals surface area contributed by atoms with Crippen LogP contribution >= 0.6 is 0 Å².